The highest BCUT2D eigenvalue weighted by Crippen LogP contribution is 2.16. The van der Waals surface area contributed by atoms with E-state index in [1.54, 1.807) is 10.9 Å². The number of hydrogen-bond donors (Lipinski definition) is 1. The van der Waals surface area contributed by atoms with Crippen molar-refractivity contribution in [1.29, 1.82) is 0 Å². The molecule has 2 heterocycles. The van der Waals surface area contributed by atoms with E-state index in [-0.39, 0.29) is 11.6 Å². The molecule has 0 atom stereocenters. The summed E-state index contributed by atoms with van der Waals surface area (Å²) in [6.45, 7) is 0.587. The predicted octanol–water partition coefficient (Wildman–Crippen LogP) is 1.97. The van der Waals surface area contributed by atoms with E-state index in [9.17, 15) is 4.79 Å². The molecule has 1 aromatic carbocycles. The average Bonchev–Trinajstić information content (AvgIpc) is 3.03. The van der Waals surface area contributed by atoms with Gasteiger partial charge in [0.05, 0.1) is 12.7 Å². The van der Waals surface area contributed by atoms with E-state index in [0.717, 1.165) is 11.3 Å². The molecule has 0 spiro atoms. The standard InChI is InChI=1S/C15H13N5O/c21-15(14-10-16-7-8-17-14)19-13-5-2-1-4-12(13)11-20-9-3-6-18-20/h1-10H,11H2,(H,19,21). The molecule has 6 nitrogen and oxygen atoms in total. The summed E-state index contributed by atoms with van der Waals surface area (Å²) < 4.78 is 1.80. The molecule has 3 aromatic rings. The normalized spacial score (nSPS) is 10.3. The number of carbonyl (C=O) groups is 1. The number of carbonyl (C=O) groups excluding carboxylic acids is 1. The van der Waals surface area contributed by atoms with Crippen molar-refractivity contribution in [3.05, 3.63) is 72.6 Å². The third-order valence-electron chi connectivity index (χ3n) is 2.95. The molecule has 104 valence electrons. The van der Waals surface area contributed by atoms with Crippen LogP contribution in [0.3, 0.4) is 0 Å². The lowest BCUT2D eigenvalue weighted by Gasteiger charge is -2.10. The zero-order valence-corrected chi connectivity index (χ0v) is 11.2. The number of hydrogen-bond acceptors (Lipinski definition) is 4. The molecule has 0 saturated heterocycles. The number of nitrogens with one attached hydrogen (secondary N) is 1. The van der Waals surface area contributed by atoms with Crippen LogP contribution < -0.4 is 5.32 Å². The molecule has 1 N–H and O–H groups in total. The first-order chi connectivity index (χ1) is 10.3. The fraction of sp³-hybridized carbons (Fsp3) is 0.0667. The first kappa shape index (κ1) is 13.0. The van der Waals surface area contributed by atoms with E-state index < -0.39 is 0 Å². The molecule has 0 aliphatic rings. The Labute approximate surface area is 121 Å². The summed E-state index contributed by atoms with van der Waals surface area (Å²) in [5.41, 5.74) is 1.99. The second-order valence-electron chi connectivity index (χ2n) is 4.41. The van der Waals surface area contributed by atoms with Crippen LogP contribution in [0.15, 0.2) is 61.3 Å². The number of rotatable bonds is 4. The van der Waals surface area contributed by atoms with Crippen LogP contribution in [0, 0.1) is 0 Å². The van der Waals surface area contributed by atoms with Gasteiger partial charge in [-0.25, -0.2) is 4.98 Å². The highest BCUT2D eigenvalue weighted by atomic mass is 16.1. The Balaban J connectivity index is 1.81. The molecule has 0 radical (unpaired) electrons. The first-order valence-electron chi connectivity index (χ1n) is 6.45. The van der Waals surface area contributed by atoms with Crippen LogP contribution >= 0.6 is 0 Å². The number of aromatic nitrogens is 4. The second kappa shape index (κ2) is 5.96. The van der Waals surface area contributed by atoms with Crippen molar-refractivity contribution in [2.24, 2.45) is 0 Å². The zero-order chi connectivity index (χ0) is 14.5. The van der Waals surface area contributed by atoms with E-state index in [0.29, 0.717) is 6.54 Å². The Morgan fingerprint density at radius 2 is 2.05 bits per heavy atom. The van der Waals surface area contributed by atoms with Gasteiger partial charge in [-0.2, -0.15) is 5.10 Å². The summed E-state index contributed by atoms with van der Waals surface area (Å²) in [5.74, 6) is -0.281. The Morgan fingerprint density at radius 3 is 2.81 bits per heavy atom. The van der Waals surface area contributed by atoms with Gasteiger partial charge in [-0.3, -0.25) is 14.5 Å². The zero-order valence-electron chi connectivity index (χ0n) is 11.2. The highest BCUT2D eigenvalue weighted by Gasteiger charge is 2.10. The van der Waals surface area contributed by atoms with Crippen molar-refractivity contribution in [2.75, 3.05) is 5.32 Å². The molecule has 1 amide bonds. The number of amides is 1. The summed E-state index contributed by atoms with van der Waals surface area (Å²) in [6.07, 6.45) is 8.06. The molecule has 2 aromatic heterocycles. The first-order valence-corrected chi connectivity index (χ1v) is 6.45. The van der Waals surface area contributed by atoms with Crippen LogP contribution in [0.2, 0.25) is 0 Å². The third-order valence-corrected chi connectivity index (χ3v) is 2.95. The van der Waals surface area contributed by atoms with Crippen LogP contribution in [0.4, 0.5) is 5.69 Å². The number of benzene rings is 1. The van der Waals surface area contributed by atoms with Crippen LogP contribution in [-0.2, 0) is 6.54 Å². The Morgan fingerprint density at radius 1 is 1.14 bits per heavy atom. The molecule has 6 heteroatoms. The molecule has 21 heavy (non-hydrogen) atoms. The van der Waals surface area contributed by atoms with Gasteiger partial charge in [0.2, 0.25) is 0 Å². The highest BCUT2D eigenvalue weighted by molar-refractivity contribution is 6.03. The second-order valence-corrected chi connectivity index (χ2v) is 4.41. The van der Waals surface area contributed by atoms with E-state index in [1.807, 2.05) is 36.5 Å². The molecule has 3 rings (SSSR count). The van der Waals surface area contributed by atoms with Crippen molar-refractivity contribution >= 4 is 11.6 Å². The van der Waals surface area contributed by atoms with E-state index in [4.69, 9.17) is 0 Å². The molecular weight excluding hydrogens is 266 g/mol. The van der Waals surface area contributed by atoms with Crippen LogP contribution in [0.25, 0.3) is 0 Å². The maximum absolute atomic E-state index is 12.1. The Bertz CT molecular complexity index is 725. The summed E-state index contributed by atoms with van der Waals surface area (Å²) in [6, 6.07) is 9.47. The fourth-order valence-electron chi connectivity index (χ4n) is 1.95. The summed E-state index contributed by atoms with van der Waals surface area (Å²) in [7, 11) is 0. The van der Waals surface area contributed by atoms with Crippen molar-refractivity contribution < 1.29 is 4.79 Å². The lowest BCUT2D eigenvalue weighted by Crippen LogP contribution is -2.15. The molecular formula is C15H13N5O. The van der Waals surface area contributed by atoms with Gasteiger partial charge < -0.3 is 5.32 Å². The Kier molecular flexibility index (Phi) is 3.68. The van der Waals surface area contributed by atoms with Crippen LogP contribution in [0.5, 0.6) is 0 Å². The van der Waals surface area contributed by atoms with Gasteiger partial charge in [0.1, 0.15) is 5.69 Å². The molecule has 0 saturated carbocycles. The van der Waals surface area contributed by atoms with Gasteiger partial charge >= 0.3 is 0 Å². The van der Waals surface area contributed by atoms with Crippen LogP contribution in [0.1, 0.15) is 16.1 Å². The third kappa shape index (κ3) is 3.11. The van der Waals surface area contributed by atoms with Gasteiger partial charge in [0.25, 0.3) is 5.91 Å². The molecule has 0 bridgehead atoms. The number of para-hydroxylation sites is 1. The molecule has 0 unspecified atom stereocenters. The minimum atomic E-state index is -0.281. The summed E-state index contributed by atoms with van der Waals surface area (Å²) >= 11 is 0. The monoisotopic (exact) mass is 279 g/mol. The van der Waals surface area contributed by atoms with Crippen molar-refractivity contribution in [3.63, 3.8) is 0 Å². The topological polar surface area (TPSA) is 72.7 Å². The van der Waals surface area contributed by atoms with E-state index in [1.165, 1.54) is 18.6 Å². The minimum Gasteiger partial charge on any atom is -0.320 e. The SMILES string of the molecule is O=C(Nc1ccccc1Cn1cccn1)c1cnccn1. The van der Waals surface area contributed by atoms with Crippen molar-refractivity contribution in [3.8, 4) is 0 Å². The molecule has 0 fully saturated rings. The van der Waals surface area contributed by atoms with Gasteiger partial charge in [-0.05, 0) is 17.7 Å². The minimum absolute atomic E-state index is 0.281. The lowest BCUT2D eigenvalue weighted by atomic mass is 10.1. The average molecular weight is 279 g/mol. The van der Waals surface area contributed by atoms with Gasteiger partial charge in [-0.1, -0.05) is 18.2 Å². The quantitative estimate of drug-likeness (QED) is 0.792. The number of nitrogens with zero attached hydrogens (tertiary/aromatic N) is 4. The summed E-state index contributed by atoms with van der Waals surface area (Å²) in [4.78, 5) is 20.0. The van der Waals surface area contributed by atoms with Gasteiger partial charge in [0.15, 0.2) is 0 Å². The predicted molar refractivity (Wildman–Crippen MR) is 77.8 cm³/mol. The largest absolute Gasteiger partial charge is 0.320 e. The maximum atomic E-state index is 12.1. The molecule has 0 aliphatic carbocycles. The maximum Gasteiger partial charge on any atom is 0.275 e. The van der Waals surface area contributed by atoms with E-state index >= 15 is 0 Å². The number of anilines is 1. The van der Waals surface area contributed by atoms with Gasteiger partial charge in [0, 0.05) is 30.5 Å². The molecule has 0 aliphatic heterocycles. The smallest absolute Gasteiger partial charge is 0.275 e. The Hall–Kier alpha value is -3.02. The van der Waals surface area contributed by atoms with Crippen molar-refractivity contribution in [1.82, 2.24) is 19.7 Å². The van der Waals surface area contributed by atoms with Crippen molar-refractivity contribution in [2.45, 2.75) is 6.54 Å². The van der Waals surface area contributed by atoms with Gasteiger partial charge in [-0.15, -0.1) is 0 Å². The summed E-state index contributed by atoms with van der Waals surface area (Å²) in [5, 5.41) is 7.03. The van der Waals surface area contributed by atoms with Crippen LogP contribution in [-0.4, -0.2) is 25.7 Å². The van der Waals surface area contributed by atoms with E-state index in [2.05, 4.69) is 20.4 Å². The lowest BCUT2D eigenvalue weighted by molar-refractivity contribution is 0.102. The fourth-order valence-corrected chi connectivity index (χ4v) is 1.95.